The molecule has 330 valence electrons. The van der Waals surface area contributed by atoms with Crippen LogP contribution in [0.3, 0.4) is 0 Å². The Morgan fingerprint density at radius 3 is 2.41 bits per heavy atom. The number of nitrogens with two attached hydrogens (primary N) is 1. The number of benzene rings is 1. The Hall–Kier alpha value is -3.31. The molecule has 0 bridgehead atoms. The van der Waals surface area contributed by atoms with Crippen molar-refractivity contribution >= 4 is 28.7 Å². The number of nitrogens with zero attached hydrogens (tertiary/aromatic N) is 4. The molecule has 0 aliphatic carbocycles. The Bertz CT molecular complexity index is 1800. The van der Waals surface area contributed by atoms with Gasteiger partial charge in [0.2, 0.25) is 0 Å². The van der Waals surface area contributed by atoms with Crippen LogP contribution in [-0.2, 0) is 39.7 Å². The largest absolute Gasteiger partial charge is 0.456 e. The molecule has 1 aromatic heterocycles. The summed E-state index contributed by atoms with van der Waals surface area (Å²) in [5, 5.41) is 15.9. The molecule has 2 unspecified atom stereocenters. The molecule has 4 heterocycles. The van der Waals surface area contributed by atoms with E-state index in [1.165, 1.54) is 18.9 Å². The van der Waals surface area contributed by atoms with E-state index in [1.54, 1.807) is 25.2 Å². The molecule has 14 nitrogen and oxygen atoms in total. The summed E-state index contributed by atoms with van der Waals surface area (Å²) in [4.78, 5) is 48.5. The van der Waals surface area contributed by atoms with Gasteiger partial charge < -0.3 is 39.4 Å². The highest BCUT2D eigenvalue weighted by molar-refractivity contribution is 6.07. The fraction of sp³-hybridized carbons (Fsp3) is 0.727. The van der Waals surface area contributed by atoms with Crippen LogP contribution < -0.4 is 5.73 Å². The van der Waals surface area contributed by atoms with E-state index in [4.69, 9.17) is 29.4 Å². The van der Waals surface area contributed by atoms with E-state index in [-0.39, 0.29) is 31.1 Å². The van der Waals surface area contributed by atoms with E-state index in [1.807, 2.05) is 77.9 Å². The number of carbonyl (C=O) groups is 3. The number of likely N-dealkylation sites (N-methyl/N-ethyl adjacent to an activating group) is 1. The van der Waals surface area contributed by atoms with E-state index >= 15 is 4.39 Å². The van der Waals surface area contributed by atoms with Crippen LogP contribution in [0.5, 0.6) is 0 Å². The molecular formula is C44H68FN5O9. The summed E-state index contributed by atoms with van der Waals surface area (Å²) in [5.74, 6) is -4.67. The second-order valence-electron chi connectivity index (χ2n) is 18.0. The number of aliphatic hydroxyl groups excluding tert-OH is 1. The maximum absolute atomic E-state index is 17.0. The summed E-state index contributed by atoms with van der Waals surface area (Å²) in [6, 6.07) is 8.21. The summed E-state index contributed by atoms with van der Waals surface area (Å²) in [5.41, 5.74) is 3.20. The lowest BCUT2D eigenvalue weighted by atomic mass is 9.72. The first-order valence-electron chi connectivity index (χ1n) is 21.1. The molecule has 3 aliphatic rings. The number of amides is 1. The van der Waals surface area contributed by atoms with E-state index in [0.717, 1.165) is 23.4 Å². The van der Waals surface area contributed by atoms with Gasteiger partial charge in [0.15, 0.2) is 17.7 Å². The number of esters is 1. The number of alkyl halides is 1. The number of hydrogen-bond acceptors (Lipinski definition) is 13. The number of cyclic esters (lactones) is 1. The number of aryl methyl sites for hydroxylation is 1. The third-order valence-corrected chi connectivity index (χ3v) is 13.4. The average Bonchev–Trinajstić information content (AvgIpc) is 3.47. The van der Waals surface area contributed by atoms with Gasteiger partial charge in [0.05, 0.1) is 29.4 Å². The minimum Gasteiger partial charge on any atom is -0.456 e. The topological polar surface area (TPSA) is 166 Å². The number of hydrogen-bond donors (Lipinski definition) is 2. The van der Waals surface area contributed by atoms with Crippen LogP contribution in [0.2, 0.25) is 0 Å². The number of Topliss-reactive ketones (excluding diaryl/α,β-unsaturated/α-hetero) is 1. The summed E-state index contributed by atoms with van der Waals surface area (Å²) < 4.78 is 48.7. The molecule has 3 aliphatic heterocycles. The maximum Gasteiger partial charge on any atom is 0.425 e. The minimum atomic E-state index is -3.16. The molecule has 5 rings (SSSR count). The molecular weight excluding hydrogens is 762 g/mol. The Labute approximate surface area is 349 Å². The highest BCUT2D eigenvalue weighted by Crippen LogP contribution is 2.44. The van der Waals surface area contributed by atoms with Gasteiger partial charge in [-0.1, -0.05) is 45.9 Å². The Balaban J connectivity index is 1.59. The SMILES string of the molecule is CCN(C)N1C(=O)O[C@]2(C)[C@H](C)OC(=O)C(C)(F)C(=O)[C@H](C)[C@@H](O[C@@H]3O[C@H](C)C[C@H](N(C)C)[C@H]3O)[C@@](C)(OCCCc3cccc4ncccc34)C[C@@H](C)C(N)[C@@H](C)[C@@H]12. The van der Waals surface area contributed by atoms with Crippen LogP contribution in [0.25, 0.3) is 10.9 Å². The quantitative estimate of drug-likeness (QED) is 0.186. The molecule has 59 heavy (non-hydrogen) atoms. The maximum atomic E-state index is 17.0. The standard InChI is InChI=1S/C44H68FN5O9/c1-13-49(12)50-36-27(4)34(46)25(2)24-42(7,55-22-16-18-30-17-14-20-32-31(30)19-15-21-47-32)38(58-39-35(51)33(48(10)11)23-26(3)56-39)28(5)37(52)43(8,45)40(53)57-29(6)44(36,9)59-41(50)54/h14-15,17,19-21,25-29,33-36,38-39,51H,13,16,18,22-24,46H2,1-12H3/t25-,26-,27-,28+,29+,33+,34?,35-,36-,38-,39+,42+,43?,44-/m1/s1. The van der Waals surface area contributed by atoms with Crippen molar-refractivity contribution in [3.8, 4) is 0 Å². The second-order valence-corrected chi connectivity index (χ2v) is 18.0. The predicted molar refractivity (Wildman–Crippen MR) is 221 cm³/mol. The van der Waals surface area contributed by atoms with Crippen molar-refractivity contribution in [1.29, 1.82) is 0 Å². The van der Waals surface area contributed by atoms with E-state index in [0.29, 0.717) is 25.8 Å². The lowest BCUT2D eigenvalue weighted by Crippen LogP contribution is -2.63. The van der Waals surface area contributed by atoms with Gasteiger partial charge in [0.25, 0.3) is 5.67 Å². The van der Waals surface area contributed by atoms with Gasteiger partial charge in [-0.05, 0) is 104 Å². The van der Waals surface area contributed by atoms with Crippen molar-refractivity contribution in [2.45, 2.75) is 154 Å². The van der Waals surface area contributed by atoms with Gasteiger partial charge in [-0.15, -0.1) is 0 Å². The van der Waals surface area contributed by atoms with Crippen molar-refractivity contribution in [1.82, 2.24) is 19.9 Å². The zero-order valence-corrected chi connectivity index (χ0v) is 37.0. The molecule has 14 atom stereocenters. The fourth-order valence-corrected chi connectivity index (χ4v) is 9.58. The van der Waals surface area contributed by atoms with Gasteiger partial charge in [-0.25, -0.2) is 24.0 Å². The van der Waals surface area contributed by atoms with Gasteiger partial charge >= 0.3 is 12.1 Å². The number of aliphatic hydroxyl groups is 1. The lowest BCUT2D eigenvalue weighted by Gasteiger charge is -2.48. The normalized spacial score (nSPS) is 39.0. The van der Waals surface area contributed by atoms with Crippen molar-refractivity contribution in [3.05, 3.63) is 42.1 Å². The van der Waals surface area contributed by atoms with E-state index in [9.17, 15) is 19.5 Å². The van der Waals surface area contributed by atoms with Gasteiger partial charge in [0, 0.05) is 49.8 Å². The Morgan fingerprint density at radius 1 is 1.05 bits per heavy atom. The summed E-state index contributed by atoms with van der Waals surface area (Å²) in [6.45, 7) is 15.7. The number of ether oxygens (including phenoxy) is 5. The predicted octanol–water partition coefficient (Wildman–Crippen LogP) is 5.07. The smallest absolute Gasteiger partial charge is 0.425 e. The summed E-state index contributed by atoms with van der Waals surface area (Å²) in [7, 11) is 5.46. The van der Waals surface area contributed by atoms with Gasteiger partial charge in [-0.3, -0.25) is 9.78 Å². The number of fused-ring (bicyclic) bond motifs is 2. The molecule has 0 spiro atoms. The summed E-state index contributed by atoms with van der Waals surface area (Å²) >= 11 is 0. The average molecular weight is 830 g/mol. The second kappa shape index (κ2) is 18.3. The lowest BCUT2D eigenvalue weighted by molar-refractivity contribution is -0.298. The number of carbonyl (C=O) groups excluding carboxylic acids is 3. The molecule has 3 N–H and O–H groups in total. The third-order valence-electron chi connectivity index (χ3n) is 13.4. The van der Waals surface area contributed by atoms with Crippen LogP contribution in [0.1, 0.15) is 87.1 Å². The van der Waals surface area contributed by atoms with Crippen molar-refractivity contribution in [2.24, 2.45) is 23.5 Å². The molecule has 3 fully saturated rings. The highest BCUT2D eigenvalue weighted by atomic mass is 19.1. The molecule has 0 radical (unpaired) electrons. The van der Waals surface area contributed by atoms with Crippen LogP contribution in [-0.4, -0.2) is 143 Å². The van der Waals surface area contributed by atoms with Crippen LogP contribution in [0.15, 0.2) is 36.5 Å². The fourth-order valence-electron chi connectivity index (χ4n) is 9.58. The molecule has 15 heteroatoms. The van der Waals surface area contributed by atoms with Crippen LogP contribution in [0.4, 0.5) is 9.18 Å². The number of aromatic nitrogens is 1. The first-order chi connectivity index (χ1) is 27.6. The molecule has 3 saturated heterocycles. The number of pyridine rings is 1. The molecule has 0 saturated carbocycles. The van der Waals surface area contributed by atoms with Crippen molar-refractivity contribution < 1.29 is 47.6 Å². The van der Waals surface area contributed by atoms with Crippen LogP contribution >= 0.6 is 0 Å². The number of rotatable bonds is 10. The zero-order valence-electron chi connectivity index (χ0n) is 37.0. The van der Waals surface area contributed by atoms with E-state index < -0.39 is 83.2 Å². The number of hydrazine groups is 1. The van der Waals surface area contributed by atoms with Gasteiger partial charge in [-0.2, -0.15) is 0 Å². The first-order valence-corrected chi connectivity index (χ1v) is 21.1. The zero-order chi connectivity index (χ0) is 43.8. The molecule has 2 aromatic rings. The van der Waals surface area contributed by atoms with E-state index in [2.05, 4.69) is 11.1 Å². The number of halogens is 1. The van der Waals surface area contributed by atoms with Crippen molar-refractivity contribution in [3.63, 3.8) is 0 Å². The van der Waals surface area contributed by atoms with Crippen LogP contribution in [0, 0.1) is 17.8 Å². The number of ketones is 1. The molecule has 1 amide bonds. The van der Waals surface area contributed by atoms with Gasteiger partial charge in [0.1, 0.15) is 12.2 Å². The Kier molecular flexibility index (Phi) is 14.5. The highest BCUT2D eigenvalue weighted by Gasteiger charge is 2.62. The molecule has 1 aromatic carbocycles. The minimum absolute atomic E-state index is 0.208. The van der Waals surface area contributed by atoms with Crippen molar-refractivity contribution in [2.75, 3.05) is 34.3 Å². The summed E-state index contributed by atoms with van der Waals surface area (Å²) in [6.07, 6.45) is -2.06. The Morgan fingerprint density at radius 2 is 1.75 bits per heavy atom. The monoisotopic (exact) mass is 830 g/mol. The first kappa shape index (κ1) is 46.8. The third kappa shape index (κ3) is 9.31.